The fourth-order valence-corrected chi connectivity index (χ4v) is 2.16. The van der Waals surface area contributed by atoms with E-state index in [0.717, 1.165) is 11.8 Å². The van der Waals surface area contributed by atoms with Crippen molar-refractivity contribution in [2.75, 3.05) is 0 Å². The monoisotopic (exact) mass is 136 g/mol. The van der Waals surface area contributed by atoms with Crippen LogP contribution in [0, 0.1) is 11.8 Å². The summed E-state index contributed by atoms with van der Waals surface area (Å²) in [4.78, 5) is 0. The molecule has 2 aliphatic carbocycles. The van der Waals surface area contributed by atoms with Crippen LogP contribution in [0.3, 0.4) is 0 Å². The van der Waals surface area contributed by atoms with Crippen LogP contribution < -0.4 is 0 Å². The van der Waals surface area contributed by atoms with Crippen molar-refractivity contribution in [1.82, 2.24) is 0 Å². The summed E-state index contributed by atoms with van der Waals surface area (Å²) < 4.78 is 0. The van der Waals surface area contributed by atoms with Crippen LogP contribution in [0.4, 0.5) is 0 Å². The third-order valence-corrected chi connectivity index (χ3v) is 2.98. The van der Waals surface area contributed by atoms with Gasteiger partial charge >= 0.3 is 0 Å². The van der Waals surface area contributed by atoms with E-state index in [9.17, 15) is 0 Å². The number of fused-ring (bicyclic) bond motifs is 1. The molecule has 56 valence electrons. The van der Waals surface area contributed by atoms with Gasteiger partial charge in [0.15, 0.2) is 0 Å². The highest BCUT2D eigenvalue weighted by atomic mass is 14.3. The molecule has 10 heavy (non-hydrogen) atoms. The average Bonchev–Trinajstić information content (AvgIpc) is 1.89. The molecule has 0 aromatic rings. The first-order valence-corrected chi connectivity index (χ1v) is 4.65. The molecule has 0 bridgehead atoms. The highest BCUT2D eigenvalue weighted by Crippen LogP contribution is 2.35. The van der Waals surface area contributed by atoms with E-state index < -0.39 is 0 Å². The third kappa shape index (κ3) is 1.12. The summed E-state index contributed by atoms with van der Waals surface area (Å²) in [6.45, 7) is 0. The predicted octanol–water partition coefficient (Wildman–Crippen LogP) is 3.14. The minimum absolute atomic E-state index is 0.986. The first kappa shape index (κ1) is 6.45. The molecule has 0 aromatic heterocycles. The van der Waals surface area contributed by atoms with Gasteiger partial charge in [0, 0.05) is 0 Å². The molecule has 0 nitrogen and oxygen atoms in total. The Morgan fingerprint density at radius 1 is 0.700 bits per heavy atom. The Morgan fingerprint density at radius 2 is 1.20 bits per heavy atom. The van der Waals surface area contributed by atoms with Gasteiger partial charge in [-0.3, -0.25) is 0 Å². The second-order valence-corrected chi connectivity index (χ2v) is 3.70. The first-order chi connectivity index (χ1) is 4.97. The maximum atomic E-state index is 2.41. The molecule has 2 unspecified atom stereocenters. The van der Waals surface area contributed by atoms with Gasteiger partial charge in [-0.15, -0.1) is 0 Å². The van der Waals surface area contributed by atoms with Crippen LogP contribution in [0.5, 0.6) is 0 Å². The van der Waals surface area contributed by atoms with Gasteiger partial charge < -0.3 is 0 Å². The van der Waals surface area contributed by atoms with Crippen molar-refractivity contribution in [3.63, 3.8) is 0 Å². The van der Waals surface area contributed by atoms with E-state index in [1.54, 1.807) is 0 Å². The van der Waals surface area contributed by atoms with Crippen LogP contribution in [-0.2, 0) is 0 Å². The maximum absolute atomic E-state index is 2.41. The van der Waals surface area contributed by atoms with Crippen molar-refractivity contribution in [3.05, 3.63) is 12.2 Å². The van der Waals surface area contributed by atoms with Gasteiger partial charge in [0.1, 0.15) is 0 Å². The van der Waals surface area contributed by atoms with Crippen LogP contribution in [0.25, 0.3) is 0 Å². The molecule has 0 aromatic carbocycles. The topological polar surface area (TPSA) is 0 Å². The SMILES string of the molecule is C1=CC2CCCCCCC12. The lowest BCUT2D eigenvalue weighted by molar-refractivity contribution is 0.328. The number of allylic oxidation sites excluding steroid dienone is 2. The molecule has 0 spiro atoms. The standard InChI is InChI=1S/C10H16/c1-2-4-6-10-8-7-9(10)5-3-1/h7-10H,1-6H2. The molecule has 2 atom stereocenters. The highest BCUT2D eigenvalue weighted by molar-refractivity contribution is 5.08. The van der Waals surface area contributed by atoms with Gasteiger partial charge in [0.25, 0.3) is 0 Å². The largest absolute Gasteiger partial charge is 0.0845 e. The molecular formula is C10H16. The molecule has 0 saturated heterocycles. The molecule has 0 amide bonds. The lowest BCUT2D eigenvalue weighted by Crippen LogP contribution is -2.19. The fourth-order valence-electron chi connectivity index (χ4n) is 2.16. The predicted molar refractivity (Wildman–Crippen MR) is 43.8 cm³/mol. The van der Waals surface area contributed by atoms with Crippen LogP contribution in [0.15, 0.2) is 12.2 Å². The smallest absolute Gasteiger partial charge is 0.0170 e. The van der Waals surface area contributed by atoms with E-state index in [1.807, 2.05) is 0 Å². The zero-order valence-corrected chi connectivity index (χ0v) is 6.55. The summed E-state index contributed by atoms with van der Waals surface area (Å²) in [6.07, 6.45) is 13.7. The van der Waals surface area contributed by atoms with Crippen LogP contribution in [0.2, 0.25) is 0 Å². The number of hydrogen-bond donors (Lipinski definition) is 0. The normalized spacial score (nSPS) is 39.2. The Bertz CT molecular complexity index is 119. The first-order valence-electron chi connectivity index (χ1n) is 4.65. The van der Waals surface area contributed by atoms with Crippen molar-refractivity contribution >= 4 is 0 Å². The Hall–Kier alpha value is -0.260. The van der Waals surface area contributed by atoms with Gasteiger partial charge in [0.05, 0.1) is 0 Å². The van der Waals surface area contributed by atoms with E-state index in [2.05, 4.69) is 12.2 Å². The Kier molecular flexibility index (Phi) is 1.79. The van der Waals surface area contributed by atoms with E-state index in [0.29, 0.717) is 0 Å². The summed E-state index contributed by atoms with van der Waals surface area (Å²) in [7, 11) is 0. The van der Waals surface area contributed by atoms with Gasteiger partial charge in [-0.2, -0.15) is 0 Å². The second kappa shape index (κ2) is 2.77. The van der Waals surface area contributed by atoms with Crippen LogP contribution >= 0.6 is 0 Å². The minimum atomic E-state index is 0.986. The molecule has 1 saturated carbocycles. The van der Waals surface area contributed by atoms with E-state index >= 15 is 0 Å². The van der Waals surface area contributed by atoms with E-state index in [1.165, 1.54) is 38.5 Å². The van der Waals surface area contributed by atoms with Crippen molar-refractivity contribution in [2.24, 2.45) is 11.8 Å². The fraction of sp³-hybridized carbons (Fsp3) is 0.800. The average molecular weight is 136 g/mol. The zero-order valence-electron chi connectivity index (χ0n) is 6.55. The molecule has 0 radical (unpaired) electrons. The van der Waals surface area contributed by atoms with Crippen molar-refractivity contribution < 1.29 is 0 Å². The molecule has 1 fully saturated rings. The second-order valence-electron chi connectivity index (χ2n) is 3.70. The van der Waals surface area contributed by atoms with Gasteiger partial charge in [0.2, 0.25) is 0 Å². The number of rotatable bonds is 0. The van der Waals surface area contributed by atoms with Gasteiger partial charge in [-0.25, -0.2) is 0 Å². The summed E-state index contributed by atoms with van der Waals surface area (Å²) >= 11 is 0. The molecule has 0 heterocycles. The Morgan fingerprint density at radius 3 is 1.60 bits per heavy atom. The minimum Gasteiger partial charge on any atom is -0.0845 e. The number of hydrogen-bond acceptors (Lipinski definition) is 0. The molecule has 2 rings (SSSR count). The Balaban J connectivity index is 1.90. The molecule has 0 aliphatic heterocycles. The molecule has 0 N–H and O–H groups in total. The summed E-state index contributed by atoms with van der Waals surface area (Å²) in [5.41, 5.74) is 0. The van der Waals surface area contributed by atoms with Crippen molar-refractivity contribution in [1.29, 1.82) is 0 Å². The van der Waals surface area contributed by atoms with Crippen molar-refractivity contribution in [3.8, 4) is 0 Å². The van der Waals surface area contributed by atoms with Gasteiger partial charge in [-0.05, 0) is 24.7 Å². The Labute approximate surface area is 63.3 Å². The van der Waals surface area contributed by atoms with Crippen LogP contribution in [0.1, 0.15) is 38.5 Å². The lowest BCUT2D eigenvalue weighted by atomic mass is 9.74. The quantitative estimate of drug-likeness (QED) is 0.449. The molecular weight excluding hydrogens is 120 g/mol. The summed E-state index contributed by atoms with van der Waals surface area (Å²) in [5.74, 6) is 1.97. The lowest BCUT2D eigenvalue weighted by Gasteiger charge is -2.31. The van der Waals surface area contributed by atoms with E-state index in [4.69, 9.17) is 0 Å². The summed E-state index contributed by atoms with van der Waals surface area (Å²) in [6, 6.07) is 0. The molecule has 0 heteroatoms. The highest BCUT2D eigenvalue weighted by Gasteiger charge is 2.23. The van der Waals surface area contributed by atoms with Crippen LogP contribution in [-0.4, -0.2) is 0 Å². The zero-order chi connectivity index (χ0) is 6.81. The van der Waals surface area contributed by atoms with E-state index in [-0.39, 0.29) is 0 Å². The van der Waals surface area contributed by atoms with Crippen molar-refractivity contribution in [2.45, 2.75) is 38.5 Å². The molecule has 2 aliphatic rings. The third-order valence-electron chi connectivity index (χ3n) is 2.98. The maximum Gasteiger partial charge on any atom is -0.0170 e. The van der Waals surface area contributed by atoms with Gasteiger partial charge in [-0.1, -0.05) is 37.8 Å². The summed E-state index contributed by atoms with van der Waals surface area (Å²) in [5, 5.41) is 0.